The van der Waals surface area contributed by atoms with Gasteiger partial charge < -0.3 is 5.32 Å². The molecule has 1 aliphatic rings. The molecule has 1 saturated heterocycles. The largest absolute Gasteiger partial charge is 0.408 e. The Kier molecular flexibility index (Phi) is 6.13. The van der Waals surface area contributed by atoms with Crippen molar-refractivity contribution in [2.45, 2.75) is 19.1 Å². The van der Waals surface area contributed by atoms with Crippen molar-refractivity contribution in [3.63, 3.8) is 0 Å². The lowest BCUT2D eigenvalue weighted by Gasteiger charge is -2.36. The monoisotopic (exact) mass is 328 g/mol. The molecule has 0 aromatic heterocycles. The van der Waals surface area contributed by atoms with Crippen molar-refractivity contribution < 1.29 is 13.2 Å². The first-order valence-corrected chi connectivity index (χ1v) is 6.55. The van der Waals surface area contributed by atoms with Gasteiger partial charge in [-0.15, -0.1) is 12.4 Å². The maximum atomic E-state index is 13.3. The second-order valence-electron chi connectivity index (χ2n) is 4.74. The highest BCUT2D eigenvalue weighted by Gasteiger charge is 2.44. The van der Waals surface area contributed by atoms with Gasteiger partial charge >= 0.3 is 6.18 Å². The minimum Gasteiger partial charge on any atom is -0.314 e. The zero-order valence-electron chi connectivity index (χ0n) is 11.0. The van der Waals surface area contributed by atoms with E-state index in [4.69, 9.17) is 11.6 Å². The van der Waals surface area contributed by atoms with Crippen molar-refractivity contribution >= 4 is 24.0 Å². The first-order chi connectivity index (χ1) is 8.89. The number of hydrogen-bond acceptors (Lipinski definition) is 2. The fraction of sp³-hybridized carbons (Fsp3) is 0.538. The molecule has 20 heavy (non-hydrogen) atoms. The Morgan fingerprint density at radius 2 is 1.85 bits per heavy atom. The highest BCUT2D eigenvalue weighted by molar-refractivity contribution is 6.31. The van der Waals surface area contributed by atoms with Crippen molar-refractivity contribution in [3.05, 3.63) is 34.3 Å². The third kappa shape index (κ3) is 4.01. The van der Waals surface area contributed by atoms with Crippen LogP contribution in [0.2, 0.25) is 5.02 Å². The number of halogens is 5. The number of nitrogens with one attached hydrogen (secondary N) is 1. The fourth-order valence-corrected chi connectivity index (χ4v) is 2.50. The van der Waals surface area contributed by atoms with Crippen LogP contribution in [0.3, 0.4) is 0 Å². The number of benzene rings is 1. The van der Waals surface area contributed by atoms with Gasteiger partial charge in [-0.2, -0.15) is 13.2 Å². The molecule has 1 aromatic carbocycles. The number of nitrogens with zero attached hydrogens (tertiary/aromatic N) is 1. The van der Waals surface area contributed by atoms with Crippen LogP contribution in [-0.4, -0.2) is 37.3 Å². The molecule has 0 saturated carbocycles. The Hall–Kier alpha value is -0.490. The average Bonchev–Trinajstić information content (AvgIpc) is 2.34. The maximum absolute atomic E-state index is 13.3. The van der Waals surface area contributed by atoms with Crippen molar-refractivity contribution in [2.75, 3.05) is 26.2 Å². The molecule has 114 valence electrons. The van der Waals surface area contributed by atoms with E-state index in [1.54, 1.807) is 6.92 Å². The molecule has 0 radical (unpaired) electrons. The van der Waals surface area contributed by atoms with Crippen molar-refractivity contribution in [3.8, 4) is 0 Å². The summed E-state index contributed by atoms with van der Waals surface area (Å²) in [5, 5.41) is 3.55. The van der Waals surface area contributed by atoms with E-state index in [0.717, 1.165) is 0 Å². The molecule has 1 fully saturated rings. The van der Waals surface area contributed by atoms with Crippen LogP contribution in [0, 0.1) is 6.92 Å². The molecule has 1 N–H and O–H groups in total. The Bertz CT molecular complexity index is 446. The first kappa shape index (κ1) is 17.6. The van der Waals surface area contributed by atoms with Crippen molar-refractivity contribution in [1.29, 1.82) is 0 Å². The summed E-state index contributed by atoms with van der Waals surface area (Å²) in [5.41, 5.74) is 0.930. The van der Waals surface area contributed by atoms with Gasteiger partial charge in [0.05, 0.1) is 0 Å². The predicted octanol–water partition coefficient (Wildman–Crippen LogP) is 3.58. The summed E-state index contributed by atoms with van der Waals surface area (Å²) in [6, 6.07) is 2.98. The molecule has 0 aliphatic carbocycles. The topological polar surface area (TPSA) is 15.3 Å². The van der Waals surface area contributed by atoms with Crippen LogP contribution < -0.4 is 5.32 Å². The summed E-state index contributed by atoms with van der Waals surface area (Å²) in [4.78, 5) is 1.47. The second kappa shape index (κ2) is 6.98. The molecule has 1 atom stereocenters. The summed E-state index contributed by atoms with van der Waals surface area (Å²) < 4.78 is 40.0. The molecule has 0 unspecified atom stereocenters. The summed E-state index contributed by atoms with van der Waals surface area (Å²) in [6.45, 7) is 3.67. The van der Waals surface area contributed by atoms with Crippen LogP contribution in [0.15, 0.2) is 18.2 Å². The van der Waals surface area contributed by atoms with E-state index < -0.39 is 12.2 Å². The van der Waals surface area contributed by atoms with E-state index in [2.05, 4.69) is 5.32 Å². The van der Waals surface area contributed by atoms with E-state index >= 15 is 0 Å². The average molecular weight is 329 g/mol. The molecule has 1 aliphatic heterocycles. The molecular weight excluding hydrogens is 312 g/mol. The standard InChI is InChI=1S/C13H16ClF3N2.ClH/c1-9-8-10(2-3-11(9)14)12(13(15,16)17)19-6-4-18-5-7-19;/h2-3,8,12,18H,4-7H2,1H3;1H/t12-;/m1./s1. The fourth-order valence-electron chi connectivity index (χ4n) is 2.39. The number of hydrogen-bond donors (Lipinski definition) is 1. The van der Waals surface area contributed by atoms with Gasteiger partial charge in [0.1, 0.15) is 6.04 Å². The number of alkyl halides is 3. The molecule has 2 rings (SSSR count). The SMILES string of the molecule is Cc1cc([C@@H](N2CCNCC2)C(F)(F)F)ccc1Cl.Cl. The van der Waals surface area contributed by atoms with Crippen LogP contribution in [0.5, 0.6) is 0 Å². The highest BCUT2D eigenvalue weighted by Crippen LogP contribution is 2.38. The first-order valence-electron chi connectivity index (χ1n) is 6.17. The quantitative estimate of drug-likeness (QED) is 0.892. The minimum atomic E-state index is -4.28. The molecule has 0 bridgehead atoms. The number of rotatable bonds is 2. The van der Waals surface area contributed by atoms with Gasteiger partial charge in [-0.1, -0.05) is 23.7 Å². The van der Waals surface area contributed by atoms with Crippen molar-refractivity contribution in [1.82, 2.24) is 10.2 Å². The predicted molar refractivity (Wildman–Crippen MR) is 76.7 cm³/mol. The van der Waals surface area contributed by atoms with Gasteiger partial charge in [-0.05, 0) is 24.1 Å². The van der Waals surface area contributed by atoms with E-state index in [0.29, 0.717) is 36.8 Å². The smallest absolute Gasteiger partial charge is 0.314 e. The van der Waals surface area contributed by atoms with Crippen LogP contribution in [0.1, 0.15) is 17.2 Å². The molecule has 2 nitrogen and oxygen atoms in total. The third-order valence-electron chi connectivity index (χ3n) is 3.32. The zero-order valence-corrected chi connectivity index (χ0v) is 12.6. The van der Waals surface area contributed by atoms with Gasteiger partial charge in [-0.25, -0.2) is 0 Å². The van der Waals surface area contributed by atoms with E-state index in [9.17, 15) is 13.2 Å². The van der Waals surface area contributed by atoms with Gasteiger partial charge in [0.2, 0.25) is 0 Å². The van der Waals surface area contributed by atoms with Crippen molar-refractivity contribution in [2.24, 2.45) is 0 Å². The number of aryl methyl sites for hydroxylation is 1. The summed E-state index contributed by atoms with van der Waals surface area (Å²) in [5.74, 6) is 0. The van der Waals surface area contributed by atoms with Crippen LogP contribution in [-0.2, 0) is 0 Å². The molecule has 0 amide bonds. The lowest BCUT2D eigenvalue weighted by atomic mass is 10.0. The molecular formula is C13H17Cl2F3N2. The lowest BCUT2D eigenvalue weighted by Crippen LogP contribution is -2.49. The molecule has 1 heterocycles. The van der Waals surface area contributed by atoms with Crippen LogP contribution in [0.4, 0.5) is 13.2 Å². The third-order valence-corrected chi connectivity index (χ3v) is 3.75. The summed E-state index contributed by atoms with van der Waals surface area (Å²) in [6.07, 6.45) is -4.28. The zero-order chi connectivity index (χ0) is 14.0. The molecule has 1 aromatic rings. The maximum Gasteiger partial charge on any atom is 0.408 e. The van der Waals surface area contributed by atoms with E-state index in [1.807, 2.05) is 0 Å². The van der Waals surface area contributed by atoms with Gasteiger partial charge in [0, 0.05) is 31.2 Å². The van der Waals surface area contributed by atoms with E-state index in [-0.39, 0.29) is 18.0 Å². The Morgan fingerprint density at radius 3 is 2.35 bits per heavy atom. The summed E-state index contributed by atoms with van der Waals surface area (Å²) in [7, 11) is 0. The Labute approximate surface area is 127 Å². The Morgan fingerprint density at radius 1 is 1.25 bits per heavy atom. The summed E-state index contributed by atoms with van der Waals surface area (Å²) >= 11 is 5.88. The lowest BCUT2D eigenvalue weighted by molar-refractivity contribution is -0.187. The minimum absolute atomic E-state index is 0. The van der Waals surface area contributed by atoms with Gasteiger partial charge in [0.25, 0.3) is 0 Å². The van der Waals surface area contributed by atoms with Gasteiger partial charge in [-0.3, -0.25) is 4.90 Å². The van der Waals surface area contributed by atoms with Crippen LogP contribution in [0.25, 0.3) is 0 Å². The molecule has 7 heteroatoms. The highest BCUT2D eigenvalue weighted by atomic mass is 35.5. The van der Waals surface area contributed by atoms with Crippen LogP contribution >= 0.6 is 24.0 Å². The van der Waals surface area contributed by atoms with Gasteiger partial charge in [0.15, 0.2) is 0 Å². The normalized spacial score (nSPS) is 18.4. The molecule has 0 spiro atoms. The number of piperazine rings is 1. The van der Waals surface area contributed by atoms with E-state index in [1.165, 1.54) is 23.1 Å². The Balaban J connectivity index is 0.00000200. The second-order valence-corrected chi connectivity index (χ2v) is 5.15.